The topological polar surface area (TPSA) is 64.1 Å². The van der Waals surface area contributed by atoms with Gasteiger partial charge in [0.1, 0.15) is 10.8 Å². The predicted molar refractivity (Wildman–Crippen MR) is 105 cm³/mol. The van der Waals surface area contributed by atoms with E-state index in [1.165, 1.54) is 16.9 Å². The van der Waals surface area contributed by atoms with Crippen LogP contribution in [0.2, 0.25) is 0 Å². The third-order valence-corrected chi connectivity index (χ3v) is 4.98. The molecule has 1 N–H and O–H groups in total. The maximum atomic E-state index is 12.5. The molecule has 134 valence electrons. The Bertz CT molecular complexity index is 893. The number of hydrogen-bond donors (Lipinski definition) is 1. The van der Waals surface area contributed by atoms with Gasteiger partial charge in [0.15, 0.2) is 6.10 Å². The second kappa shape index (κ2) is 8.10. The highest BCUT2D eigenvalue weighted by molar-refractivity contribution is 7.18. The first-order valence-electron chi connectivity index (χ1n) is 8.50. The molecule has 2 aromatic carbocycles. The molecule has 3 rings (SSSR count). The number of hydrogen-bond acceptors (Lipinski definition) is 5. The Kier molecular flexibility index (Phi) is 5.63. The van der Waals surface area contributed by atoms with Crippen LogP contribution in [0, 0.1) is 13.8 Å². The van der Waals surface area contributed by atoms with Crippen LogP contribution in [-0.4, -0.2) is 22.2 Å². The van der Waals surface area contributed by atoms with Crippen molar-refractivity contribution in [1.29, 1.82) is 0 Å². The fraction of sp³-hybridized carbons (Fsp3) is 0.250. The summed E-state index contributed by atoms with van der Waals surface area (Å²) in [5.74, 6) is 0.471. The number of ether oxygens (including phenoxy) is 1. The van der Waals surface area contributed by atoms with Crippen molar-refractivity contribution >= 4 is 22.4 Å². The normalized spacial score (nSPS) is 11.8. The summed E-state index contributed by atoms with van der Waals surface area (Å²) in [4.78, 5) is 12.5. The summed E-state index contributed by atoms with van der Waals surface area (Å²) in [6.45, 7) is 5.99. The number of rotatable bonds is 6. The molecule has 1 amide bonds. The monoisotopic (exact) mass is 367 g/mol. The summed E-state index contributed by atoms with van der Waals surface area (Å²) in [5, 5.41) is 12.3. The van der Waals surface area contributed by atoms with Gasteiger partial charge in [0, 0.05) is 5.56 Å². The molecular weight excluding hydrogens is 346 g/mol. The summed E-state index contributed by atoms with van der Waals surface area (Å²) in [7, 11) is 0. The minimum atomic E-state index is -0.582. The molecule has 6 heteroatoms. The van der Waals surface area contributed by atoms with E-state index in [0.29, 0.717) is 17.3 Å². The number of aryl methyl sites for hydroxylation is 2. The molecule has 0 saturated carbocycles. The van der Waals surface area contributed by atoms with Gasteiger partial charge in [0.25, 0.3) is 5.91 Å². The van der Waals surface area contributed by atoms with Gasteiger partial charge < -0.3 is 4.74 Å². The third-order valence-electron chi connectivity index (χ3n) is 4.10. The lowest BCUT2D eigenvalue weighted by Gasteiger charge is -2.17. The molecule has 0 aliphatic heterocycles. The fourth-order valence-corrected chi connectivity index (χ4v) is 3.18. The van der Waals surface area contributed by atoms with Crippen LogP contribution in [0.15, 0.2) is 48.5 Å². The van der Waals surface area contributed by atoms with E-state index >= 15 is 0 Å². The van der Waals surface area contributed by atoms with Crippen molar-refractivity contribution in [2.75, 3.05) is 5.32 Å². The summed E-state index contributed by atoms with van der Waals surface area (Å²) in [6.07, 6.45) is -0.0236. The summed E-state index contributed by atoms with van der Waals surface area (Å²) in [6, 6.07) is 15.6. The zero-order chi connectivity index (χ0) is 18.5. The second-order valence-corrected chi connectivity index (χ2v) is 7.01. The standard InChI is InChI=1S/C20H21N3O2S/c1-4-17(25-16-11-10-13(2)14(3)12-16)18(24)21-20-23-22-19(26-20)15-8-6-5-7-9-15/h5-12,17H,4H2,1-3H3,(H,21,23,24)/t17-/m0/s1. The van der Waals surface area contributed by atoms with Gasteiger partial charge in [-0.1, -0.05) is 54.7 Å². The predicted octanol–water partition coefficient (Wildman–Crippen LogP) is 4.62. The number of carbonyl (C=O) groups excluding carboxylic acids is 1. The van der Waals surface area contributed by atoms with E-state index in [9.17, 15) is 4.79 Å². The summed E-state index contributed by atoms with van der Waals surface area (Å²) >= 11 is 1.34. The molecule has 3 aromatic rings. The van der Waals surface area contributed by atoms with Gasteiger partial charge in [0.2, 0.25) is 5.13 Å². The SMILES string of the molecule is CC[C@H](Oc1ccc(C)c(C)c1)C(=O)Nc1nnc(-c2ccccc2)s1. The Morgan fingerprint density at radius 3 is 2.58 bits per heavy atom. The Morgan fingerprint density at radius 2 is 1.88 bits per heavy atom. The van der Waals surface area contributed by atoms with Gasteiger partial charge in [-0.05, 0) is 43.5 Å². The minimum Gasteiger partial charge on any atom is -0.481 e. The van der Waals surface area contributed by atoms with Crippen LogP contribution >= 0.6 is 11.3 Å². The van der Waals surface area contributed by atoms with E-state index in [-0.39, 0.29) is 5.91 Å². The van der Waals surface area contributed by atoms with Gasteiger partial charge in [0.05, 0.1) is 0 Å². The van der Waals surface area contributed by atoms with Gasteiger partial charge in [-0.25, -0.2) is 0 Å². The minimum absolute atomic E-state index is 0.221. The Hall–Kier alpha value is -2.73. The molecule has 0 radical (unpaired) electrons. The molecule has 0 saturated heterocycles. The van der Waals surface area contributed by atoms with E-state index in [0.717, 1.165) is 16.1 Å². The number of benzene rings is 2. The fourth-order valence-electron chi connectivity index (χ4n) is 2.43. The molecule has 0 unspecified atom stereocenters. The first-order chi connectivity index (χ1) is 12.6. The molecule has 0 spiro atoms. The zero-order valence-electron chi connectivity index (χ0n) is 15.0. The van der Waals surface area contributed by atoms with Crippen LogP contribution in [0.1, 0.15) is 24.5 Å². The Labute approximate surface area is 157 Å². The van der Waals surface area contributed by atoms with Crippen LogP contribution in [0.3, 0.4) is 0 Å². The van der Waals surface area contributed by atoms with Crippen molar-refractivity contribution in [3.63, 3.8) is 0 Å². The largest absolute Gasteiger partial charge is 0.481 e. The number of carbonyl (C=O) groups is 1. The van der Waals surface area contributed by atoms with Crippen LogP contribution in [0.5, 0.6) is 5.75 Å². The number of anilines is 1. The second-order valence-electron chi connectivity index (χ2n) is 6.03. The molecule has 0 aliphatic carbocycles. The lowest BCUT2D eigenvalue weighted by molar-refractivity contribution is -0.122. The van der Waals surface area contributed by atoms with Crippen LogP contribution in [0.4, 0.5) is 5.13 Å². The van der Waals surface area contributed by atoms with Gasteiger partial charge in [-0.3, -0.25) is 10.1 Å². The first kappa shape index (κ1) is 18.1. The lowest BCUT2D eigenvalue weighted by atomic mass is 10.1. The molecule has 0 fully saturated rings. The molecule has 1 heterocycles. The van der Waals surface area contributed by atoms with Gasteiger partial charge in [-0.2, -0.15) is 0 Å². The van der Waals surface area contributed by atoms with Gasteiger partial charge in [-0.15, -0.1) is 10.2 Å². The number of nitrogens with zero attached hydrogens (tertiary/aromatic N) is 2. The first-order valence-corrected chi connectivity index (χ1v) is 9.32. The third kappa shape index (κ3) is 4.26. The molecular formula is C20H21N3O2S. The van der Waals surface area contributed by atoms with E-state index in [1.54, 1.807) is 0 Å². The van der Waals surface area contributed by atoms with Crippen molar-refractivity contribution in [3.05, 3.63) is 59.7 Å². The van der Waals surface area contributed by atoms with Gasteiger partial charge >= 0.3 is 0 Å². The van der Waals surface area contributed by atoms with E-state index in [1.807, 2.05) is 69.3 Å². The average molecular weight is 367 g/mol. The smallest absolute Gasteiger partial charge is 0.267 e. The molecule has 26 heavy (non-hydrogen) atoms. The molecule has 0 bridgehead atoms. The van der Waals surface area contributed by atoms with Crippen molar-refractivity contribution in [2.45, 2.75) is 33.3 Å². The maximum Gasteiger partial charge on any atom is 0.267 e. The number of nitrogens with one attached hydrogen (secondary N) is 1. The van der Waals surface area contributed by atoms with Crippen molar-refractivity contribution in [1.82, 2.24) is 10.2 Å². The molecule has 1 atom stereocenters. The summed E-state index contributed by atoms with van der Waals surface area (Å²) in [5.41, 5.74) is 3.30. The highest BCUT2D eigenvalue weighted by Crippen LogP contribution is 2.26. The number of amides is 1. The zero-order valence-corrected chi connectivity index (χ0v) is 15.8. The number of aromatic nitrogens is 2. The van der Waals surface area contributed by atoms with Crippen molar-refractivity contribution < 1.29 is 9.53 Å². The van der Waals surface area contributed by atoms with Crippen molar-refractivity contribution in [3.8, 4) is 16.3 Å². The highest BCUT2D eigenvalue weighted by atomic mass is 32.1. The van der Waals surface area contributed by atoms with E-state index in [4.69, 9.17) is 4.74 Å². The maximum absolute atomic E-state index is 12.5. The van der Waals surface area contributed by atoms with E-state index in [2.05, 4.69) is 15.5 Å². The van der Waals surface area contributed by atoms with E-state index < -0.39 is 6.10 Å². The van der Waals surface area contributed by atoms with Crippen molar-refractivity contribution in [2.24, 2.45) is 0 Å². The van der Waals surface area contributed by atoms with Crippen LogP contribution in [-0.2, 0) is 4.79 Å². The molecule has 0 aliphatic rings. The average Bonchev–Trinajstić information content (AvgIpc) is 3.11. The quantitative estimate of drug-likeness (QED) is 0.690. The van der Waals surface area contributed by atoms with Crippen LogP contribution < -0.4 is 10.1 Å². The Balaban J connectivity index is 1.67. The molecule has 5 nitrogen and oxygen atoms in total. The summed E-state index contributed by atoms with van der Waals surface area (Å²) < 4.78 is 5.87. The highest BCUT2D eigenvalue weighted by Gasteiger charge is 2.20. The Morgan fingerprint density at radius 1 is 1.12 bits per heavy atom. The van der Waals surface area contributed by atoms with Crippen LogP contribution in [0.25, 0.3) is 10.6 Å². The molecule has 1 aromatic heterocycles. The lowest BCUT2D eigenvalue weighted by Crippen LogP contribution is -2.32.